The van der Waals surface area contributed by atoms with Gasteiger partial charge in [0.2, 0.25) is 0 Å². The Morgan fingerprint density at radius 1 is 1.35 bits per heavy atom. The number of ether oxygens (including phenoxy) is 1. The summed E-state index contributed by atoms with van der Waals surface area (Å²) in [5.41, 5.74) is 0. The van der Waals surface area contributed by atoms with Crippen LogP contribution in [0.25, 0.3) is 0 Å². The van der Waals surface area contributed by atoms with Crippen LogP contribution in [0.3, 0.4) is 0 Å². The van der Waals surface area contributed by atoms with E-state index in [9.17, 15) is 4.79 Å². The molecule has 1 atom stereocenters. The number of carbonyl (C=O) groups is 1. The van der Waals surface area contributed by atoms with Crippen molar-refractivity contribution >= 4 is 6.03 Å². The summed E-state index contributed by atoms with van der Waals surface area (Å²) >= 11 is 0. The lowest BCUT2D eigenvalue weighted by atomic mass is 10.0. The number of hydrogen-bond acceptors (Lipinski definition) is 3. The molecule has 2 amide bonds. The van der Waals surface area contributed by atoms with Crippen LogP contribution in [0.4, 0.5) is 4.79 Å². The van der Waals surface area contributed by atoms with Gasteiger partial charge in [-0.15, -0.1) is 0 Å². The molecular formula is C15H31N3O2. The van der Waals surface area contributed by atoms with Gasteiger partial charge in [-0.05, 0) is 45.6 Å². The van der Waals surface area contributed by atoms with Gasteiger partial charge in [0.15, 0.2) is 0 Å². The average molecular weight is 285 g/mol. The Morgan fingerprint density at radius 3 is 2.80 bits per heavy atom. The van der Waals surface area contributed by atoms with Crippen LogP contribution in [0.15, 0.2) is 0 Å². The first-order valence-corrected chi connectivity index (χ1v) is 7.93. The molecule has 0 aliphatic carbocycles. The molecule has 1 fully saturated rings. The van der Waals surface area contributed by atoms with E-state index in [1.54, 1.807) is 0 Å². The number of piperidine rings is 1. The van der Waals surface area contributed by atoms with Crippen molar-refractivity contribution in [3.05, 3.63) is 0 Å². The van der Waals surface area contributed by atoms with Crippen LogP contribution in [0.2, 0.25) is 0 Å². The van der Waals surface area contributed by atoms with Crippen LogP contribution in [0, 0.1) is 5.92 Å². The van der Waals surface area contributed by atoms with E-state index in [1.807, 2.05) is 13.8 Å². The molecule has 5 heteroatoms. The van der Waals surface area contributed by atoms with Gasteiger partial charge in [-0.2, -0.15) is 0 Å². The number of nitrogens with zero attached hydrogens (tertiary/aromatic N) is 1. The van der Waals surface area contributed by atoms with E-state index in [1.165, 1.54) is 19.4 Å². The number of nitrogens with one attached hydrogen (secondary N) is 2. The molecule has 0 saturated carbocycles. The average Bonchev–Trinajstić information content (AvgIpc) is 2.38. The molecule has 1 unspecified atom stereocenters. The zero-order valence-corrected chi connectivity index (χ0v) is 13.3. The van der Waals surface area contributed by atoms with Crippen molar-refractivity contribution in [2.75, 3.05) is 39.3 Å². The summed E-state index contributed by atoms with van der Waals surface area (Å²) in [4.78, 5) is 14.0. The molecular weight excluding hydrogens is 254 g/mol. The number of amides is 2. The quantitative estimate of drug-likeness (QED) is 0.669. The van der Waals surface area contributed by atoms with Crippen LogP contribution in [-0.4, -0.2) is 56.4 Å². The Balaban J connectivity index is 1.94. The molecule has 1 saturated heterocycles. The van der Waals surface area contributed by atoms with Crippen molar-refractivity contribution in [3.63, 3.8) is 0 Å². The molecule has 0 aromatic heterocycles. The standard InChI is InChI=1S/C15H31N3O2/c1-13(2)20-11-5-7-16-15(19)17-8-10-18-9-4-6-14(3)12-18/h13-14H,4-12H2,1-3H3,(H2,16,17,19). The van der Waals surface area contributed by atoms with Gasteiger partial charge in [0.05, 0.1) is 6.10 Å². The minimum Gasteiger partial charge on any atom is -0.379 e. The summed E-state index contributed by atoms with van der Waals surface area (Å²) < 4.78 is 5.42. The molecule has 1 heterocycles. The Morgan fingerprint density at radius 2 is 2.10 bits per heavy atom. The van der Waals surface area contributed by atoms with Gasteiger partial charge in [-0.3, -0.25) is 0 Å². The fourth-order valence-electron chi connectivity index (χ4n) is 2.47. The fourth-order valence-corrected chi connectivity index (χ4v) is 2.47. The molecule has 2 N–H and O–H groups in total. The second-order valence-electron chi connectivity index (χ2n) is 6.00. The lowest BCUT2D eigenvalue weighted by Gasteiger charge is -2.30. The van der Waals surface area contributed by atoms with Crippen LogP contribution >= 0.6 is 0 Å². The van der Waals surface area contributed by atoms with E-state index in [0.717, 1.165) is 32.0 Å². The van der Waals surface area contributed by atoms with Gasteiger partial charge in [0.1, 0.15) is 0 Å². The Bertz CT molecular complexity index is 272. The van der Waals surface area contributed by atoms with Gasteiger partial charge in [-0.1, -0.05) is 6.92 Å². The fraction of sp³-hybridized carbons (Fsp3) is 0.933. The first kappa shape index (κ1) is 17.2. The highest BCUT2D eigenvalue weighted by atomic mass is 16.5. The normalized spacial score (nSPS) is 20.1. The zero-order chi connectivity index (χ0) is 14.8. The predicted molar refractivity (Wildman–Crippen MR) is 81.9 cm³/mol. The third-order valence-electron chi connectivity index (χ3n) is 3.51. The largest absolute Gasteiger partial charge is 0.379 e. The maximum absolute atomic E-state index is 11.6. The molecule has 1 aliphatic rings. The smallest absolute Gasteiger partial charge is 0.314 e. The van der Waals surface area contributed by atoms with E-state index >= 15 is 0 Å². The molecule has 1 aliphatic heterocycles. The Hall–Kier alpha value is -0.810. The third kappa shape index (κ3) is 8.38. The monoisotopic (exact) mass is 285 g/mol. The number of likely N-dealkylation sites (tertiary alicyclic amines) is 1. The lowest BCUT2D eigenvalue weighted by Crippen LogP contribution is -2.43. The van der Waals surface area contributed by atoms with Crippen molar-refractivity contribution < 1.29 is 9.53 Å². The Labute approximate surface area is 123 Å². The van der Waals surface area contributed by atoms with Gasteiger partial charge in [0.25, 0.3) is 0 Å². The summed E-state index contributed by atoms with van der Waals surface area (Å²) in [5, 5.41) is 5.77. The third-order valence-corrected chi connectivity index (χ3v) is 3.51. The van der Waals surface area contributed by atoms with Gasteiger partial charge < -0.3 is 20.3 Å². The van der Waals surface area contributed by atoms with E-state index < -0.39 is 0 Å². The van der Waals surface area contributed by atoms with Crippen molar-refractivity contribution in [1.29, 1.82) is 0 Å². The molecule has 0 spiro atoms. The van der Waals surface area contributed by atoms with Crippen LogP contribution in [0.5, 0.6) is 0 Å². The lowest BCUT2D eigenvalue weighted by molar-refractivity contribution is 0.0774. The van der Waals surface area contributed by atoms with Gasteiger partial charge in [-0.25, -0.2) is 4.79 Å². The first-order chi connectivity index (χ1) is 9.58. The van der Waals surface area contributed by atoms with Crippen LogP contribution in [-0.2, 0) is 4.74 Å². The molecule has 118 valence electrons. The van der Waals surface area contributed by atoms with E-state index in [-0.39, 0.29) is 12.1 Å². The van der Waals surface area contributed by atoms with Crippen LogP contribution < -0.4 is 10.6 Å². The minimum absolute atomic E-state index is 0.0698. The number of hydrogen-bond donors (Lipinski definition) is 2. The topological polar surface area (TPSA) is 53.6 Å². The summed E-state index contributed by atoms with van der Waals surface area (Å²) in [6.45, 7) is 11.7. The molecule has 0 bridgehead atoms. The highest BCUT2D eigenvalue weighted by Gasteiger charge is 2.15. The second kappa shape index (κ2) is 10.00. The first-order valence-electron chi connectivity index (χ1n) is 7.93. The SMILES string of the molecule is CC1CCCN(CCNC(=O)NCCCOC(C)C)C1. The summed E-state index contributed by atoms with van der Waals surface area (Å²) in [6, 6.07) is -0.0698. The number of carbonyl (C=O) groups excluding carboxylic acids is 1. The second-order valence-corrected chi connectivity index (χ2v) is 6.00. The maximum atomic E-state index is 11.6. The van der Waals surface area contributed by atoms with Gasteiger partial charge in [0, 0.05) is 32.8 Å². The minimum atomic E-state index is -0.0698. The summed E-state index contributed by atoms with van der Waals surface area (Å²) in [7, 11) is 0. The van der Waals surface area contributed by atoms with Crippen molar-refractivity contribution in [1.82, 2.24) is 15.5 Å². The van der Waals surface area contributed by atoms with Crippen molar-refractivity contribution in [2.24, 2.45) is 5.92 Å². The van der Waals surface area contributed by atoms with E-state index in [0.29, 0.717) is 13.2 Å². The Kier molecular flexibility index (Phi) is 8.62. The highest BCUT2D eigenvalue weighted by molar-refractivity contribution is 5.73. The molecule has 5 nitrogen and oxygen atoms in total. The highest BCUT2D eigenvalue weighted by Crippen LogP contribution is 2.14. The molecule has 1 rings (SSSR count). The van der Waals surface area contributed by atoms with E-state index in [2.05, 4.69) is 22.5 Å². The molecule has 0 radical (unpaired) electrons. The van der Waals surface area contributed by atoms with Crippen molar-refractivity contribution in [2.45, 2.75) is 46.1 Å². The number of urea groups is 1. The summed E-state index contributed by atoms with van der Waals surface area (Å²) in [6.07, 6.45) is 3.73. The molecule has 20 heavy (non-hydrogen) atoms. The number of rotatable bonds is 8. The van der Waals surface area contributed by atoms with Crippen molar-refractivity contribution in [3.8, 4) is 0 Å². The zero-order valence-electron chi connectivity index (χ0n) is 13.3. The molecule has 0 aromatic rings. The van der Waals surface area contributed by atoms with E-state index in [4.69, 9.17) is 4.74 Å². The predicted octanol–water partition coefficient (Wildman–Crippen LogP) is 1.83. The molecule has 0 aromatic carbocycles. The summed E-state index contributed by atoms with van der Waals surface area (Å²) in [5.74, 6) is 0.790. The maximum Gasteiger partial charge on any atom is 0.314 e. The van der Waals surface area contributed by atoms with Gasteiger partial charge >= 0.3 is 6.03 Å². The van der Waals surface area contributed by atoms with Crippen LogP contribution in [0.1, 0.15) is 40.0 Å².